The van der Waals surface area contributed by atoms with E-state index in [2.05, 4.69) is 25.5 Å². The Morgan fingerprint density at radius 3 is 2.65 bits per heavy atom. The summed E-state index contributed by atoms with van der Waals surface area (Å²) in [6.45, 7) is 4.09. The van der Waals surface area contributed by atoms with Crippen molar-refractivity contribution < 1.29 is 13.9 Å². The summed E-state index contributed by atoms with van der Waals surface area (Å²) in [5.41, 5.74) is 2.61. The molecule has 0 spiro atoms. The van der Waals surface area contributed by atoms with Gasteiger partial charge in [0.05, 0.1) is 29.9 Å². The standard InChI is InChI=1S/C22H23N5O3S/c1-13(2)19(20-23-16-6-4-5-7-17(16)24-20)25-18(28)12-31-22-27-26-21(30-22)14-8-10-15(29-3)11-9-14/h4-11,13,19H,12H2,1-3H3,(H,23,24)(H,25,28)/t19-/m0/s1. The lowest BCUT2D eigenvalue weighted by Crippen LogP contribution is -2.33. The van der Waals surface area contributed by atoms with Gasteiger partial charge in [-0.05, 0) is 42.3 Å². The first-order chi connectivity index (χ1) is 15.0. The normalized spacial score (nSPS) is 12.3. The highest BCUT2D eigenvalue weighted by Crippen LogP contribution is 2.26. The number of fused-ring (bicyclic) bond motifs is 1. The molecule has 0 saturated heterocycles. The molecule has 0 bridgehead atoms. The first-order valence-corrected chi connectivity index (χ1v) is 10.9. The summed E-state index contributed by atoms with van der Waals surface area (Å²) in [6.07, 6.45) is 0. The maximum absolute atomic E-state index is 12.6. The van der Waals surface area contributed by atoms with Crippen LogP contribution < -0.4 is 10.1 Å². The Morgan fingerprint density at radius 2 is 1.94 bits per heavy atom. The third-order valence-corrected chi connectivity index (χ3v) is 5.57. The monoisotopic (exact) mass is 437 g/mol. The van der Waals surface area contributed by atoms with Crippen LogP contribution in [0.15, 0.2) is 58.2 Å². The van der Waals surface area contributed by atoms with E-state index in [4.69, 9.17) is 9.15 Å². The second-order valence-corrected chi connectivity index (χ2v) is 8.25. The number of carbonyl (C=O) groups excluding carboxylic acids is 1. The maximum Gasteiger partial charge on any atom is 0.277 e. The van der Waals surface area contributed by atoms with Crippen LogP contribution in [0.25, 0.3) is 22.5 Å². The van der Waals surface area contributed by atoms with Crippen LogP contribution in [0.1, 0.15) is 25.7 Å². The molecule has 1 atom stereocenters. The van der Waals surface area contributed by atoms with Gasteiger partial charge in [0.2, 0.25) is 11.8 Å². The smallest absolute Gasteiger partial charge is 0.277 e. The van der Waals surface area contributed by atoms with Crippen LogP contribution in [-0.2, 0) is 4.79 Å². The van der Waals surface area contributed by atoms with Gasteiger partial charge in [0, 0.05) is 5.56 Å². The minimum Gasteiger partial charge on any atom is -0.497 e. The number of imidazole rings is 1. The number of benzene rings is 2. The van der Waals surface area contributed by atoms with E-state index in [9.17, 15) is 4.79 Å². The van der Waals surface area contributed by atoms with E-state index < -0.39 is 0 Å². The van der Waals surface area contributed by atoms with E-state index >= 15 is 0 Å². The quantitative estimate of drug-likeness (QED) is 0.397. The Bertz CT molecular complexity index is 1140. The Labute approximate surface area is 183 Å². The fraction of sp³-hybridized carbons (Fsp3) is 0.273. The number of aromatic amines is 1. The van der Waals surface area contributed by atoms with Crippen molar-refractivity contribution in [1.82, 2.24) is 25.5 Å². The largest absolute Gasteiger partial charge is 0.497 e. The second-order valence-electron chi connectivity index (χ2n) is 7.32. The molecular weight excluding hydrogens is 414 g/mol. The lowest BCUT2D eigenvalue weighted by Gasteiger charge is -2.20. The van der Waals surface area contributed by atoms with Gasteiger partial charge in [0.25, 0.3) is 5.22 Å². The molecule has 4 rings (SSSR count). The van der Waals surface area contributed by atoms with Crippen LogP contribution in [0, 0.1) is 5.92 Å². The highest BCUT2D eigenvalue weighted by atomic mass is 32.2. The molecule has 2 heterocycles. The van der Waals surface area contributed by atoms with E-state index in [0.29, 0.717) is 11.1 Å². The summed E-state index contributed by atoms with van der Waals surface area (Å²) < 4.78 is 10.8. The van der Waals surface area contributed by atoms with Gasteiger partial charge in [-0.2, -0.15) is 0 Å². The molecule has 0 saturated carbocycles. The van der Waals surface area contributed by atoms with Crippen LogP contribution >= 0.6 is 11.8 Å². The van der Waals surface area contributed by atoms with Crippen molar-refractivity contribution in [3.05, 3.63) is 54.4 Å². The van der Waals surface area contributed by atoms with E-state index in [1.807, 2.05) is 62.4 Å². The predicted octanol–water partition coefficient (Wildman–Crippen LogP) is 4.23. The van der Waals surface area contributed by atoms with Gasteiger partial charge in [0.1, 0.15) is 11.6 Å². The zero-order chi connectivity index (χ0) is 21.8. The highest BCUT2D eigenvalue weighted by molar-refractivity contribution is 7.99. The number of aromatic nitrogens is 4. The van der Waals surface area contributed by atoms with Gasteiger partial charge in [-0.15, -0.1) is 10.2 Å². The summed E-state index contributed by atoms with van der Waals surface area (Å²) in [4.78, 5) is 20.5. The number of ether oxygens (including phenoxy) is 1. The van der Waals surface area contributed by atoms with Gasteiger partial charge in [0.15, 0.2) is 0 Å². The lowest BCUT2D eigenvalue weighted by atomic mass is 10.0. The lowest BCUT2D eigenvalue weighted by molar-refractivity contribution is -0.119. The fourth-order valence-corrected chi connectivity index (χ4v) is 3.71. The molecule has 0 fully saturated rings. The molecule has 0 aliphatic heterocycles. The van der Waals surface area contributed by atoms with E-state index in [1.165, 1.54) is 11.8 Å². The summed E-state index contributed by atoms with van der Waals surface area (Å²) in [5.74, 6) is 2.09. The number of H-pyrrole nitrogens is 1. The van der Waals surface area contributed by atoms with Crippen LogP contribution in [0.2, 0.25) is 0 Å². The molecule has 8 nitrogen and oxygen atoms in total. The Hall–Kier alpha value is -3.33. The first kappa shape index (κ1) is 20.9. The van der Waals surface area contributed by atoms with Gasteiger partial charge >= 0.3 is 0 Å². The number of methoxy groups -OCH3 is 1. The van der Waals surface area contributed by atoms with Crippen molar-refractivity contribution in [2.75, 3.05) is 12.9 Å². The van der Waals surface area contributed by atoms with Gasteiger partial charge < -0.3 is 19.5 Å². The maximum atomic E-state index is 12.6. The van der Waals surface area contributed by atoms with Gasteiger partial charge in [-0.3, -0.25) is 4.79 Å². The number of hydrogen-bond donors (Lipinski definition) is 2. The average molecular weight is 438 g/mol. The first-order valence-electron chi connectivity index (χ1n) is 9.88. The molecular formula is C22H23N5O3S. The average Bonchev–Trinajstić information content (AvgIpc) is 3.43. The fourth-order valence-electron chi connectivity index (χ4n) is 3.13. The molecule has 0 aliphatic carbocycles. The van der Waals surface area contributed by atoms with Crippen LogP contribution in [0.4, 0.5) is 0 Å². The molecule has 160 valence electrons. The second kappa shape index (κ2) is 9.22. The highest BCUT2D eigenvalue weighted by Gasteiger charge is 2.22. The summed E-state index contributed by atoms with van der Waals surface area (Å²) >= 11 is 1.20. The van der Waals surface area contributed by atoms with Crippen LogP contribution in [-0.4, -0.2) is 38.9 Å². The van der Waals surface area contributed by atoms with Crippen LogP contribution in [0.5, 0.6) is 5.75 Å². The number of thioether (sulfide) groups is 1. The number of nitrogens with zero attached hydrogens (tertiary/aromatic N) is 3. The topological polar surface area (TPSA) is 106 Å². The number of amides is 1. The molecule has 31 heavy (non-hydrogen) atoms. The molecule has 2 N–H and O–H groups in total. The van der Waals surface area contributed by atoms with Crippen molar-refractivity contribution >= 4 is 28.7 Å². The van der Waals surface area contributed by atoms with E-state index in [1.54, 1.807) is 7.11 Å². The molecule has 2 aromatic carbocycles. The van der Waals surface area contributed by atoms with Crippen molar-refractivity contribution in [2.24, 2.45) is 5.92 Å². The number of nitrogens with one attached hydrogen (secondary N) is 2. The Balaban J connectivity index is 1.38. The van der Waals surface area contributed by atoms with Crippen molar-refractivity contribution in [1.29, 1.82) is 0 Å². The summed E-state index contributed by atoms with van der Waals surface area (Å²) in [5, 5.41) is 11.5. The van der Waals surface area contributed by atoms with E-state index in [-0.39, 0.29) is 23.6 Å². The predicted molar refractivity (Wildman–Crippen MR) is 119 cm³/mol. The molecule has 0 aliphatic rings. The minimum absolute atomic E-state index is 0.131. The van der Waals surface area contributed by atoms with Gasteiger partial charge in [-0.1, -0.05) is 37.7 Å². The third kappa shape index (κ3) is 4.88. The Morgan fingerprint density at radius 1 is 1.16 bits per heavy atom. The minimum atomic E-state index is -0.224. The number of rotatable bonds is 8. The number of para-hydroxylation sites is 2. The zero-order valence-electron chi connectivity index (χ0n) is 17.5. The van der Waals surface area contributed by atoms with Crippen molar-refractivity contribution in [2.45, 2.75) is 25.1 Å². The molecule has 1 amide bonds. The number of hydrogen-bond acceptors (Lipinski definition) is 7. The zero-order valence-corrected chi connectivity index (χ0v) is 18.3. The molecule has 0 unspecified atom stereocenters. The molecule has 2 aromatic heterocycles. The van der Waals surface area contributed by atoms with Gasteiger partial charge in [-0.25, -0.2) is 4.98 Å². The van der Waals surface area contributed by atoms with E-state index in [0.717, 1.165) is 28.2 Å². The van der Waals surface area contributed by atoms with Crippen molar-refractivity contribution in [3.8, 4) is 17.2 Å². The Kier molecular flexibility index (Phi) is 6.22. The SMILES string of the molecule is COc1ccc(-c2nnc(SCC(=O)N[C@H](c3nc4ccccc4[nH]3)C(C)C)o2)cc1. The molecule has 0 radical (unpaired) electrons. The molecule has 4 aromatic rings. The van der Waals surface area contributed by atoms with Crippen LogP contribution in [0.3, 0.4) is 0 Å². The summed E-state index contributed by atoms with van der Waals surface area (Å²) in [7, 11) is 1.61. The molecule has 9 heteroatoms. The third-order valence-electron chi connectivity index (χ3n) is 4.76. The summed E-state index contributed by atoms with van der Waals surface area (Å²) in [6, 6.07) is 14.9. The number of carbonyl (C=O) groups is 1. The van der Waals surface area contributed by atoms with Crippen molar-refractivity contribution in [3.63, 3.8) is 0 Å².